The molecule has 5 nitrogen and oxygen atoms in total. The lowest BCUT2D eigenvalue weighted by Gasteiger charge is -2.44. The van der Waals surface area contributed by atoms with Crippen molar-refractivity contribution in [3.05, 3.63) is 30.6 Å². The van der Waals surface area contributed by atoms with E-state index in [4.69, 9.17) is 4.74 Å². The van der Waals surface area contributed by atoms with E-state index in [1.54, 1.807) is 0 Å². The highest BCUT2D eigenvalue weighted by Gasteiger charge is 2.48. The van der Waals surface area contributed by atoms with Crippen LogP contribution in [-0.4, -0.2) is 57.0 Å². The van der Waals surface area contributed by atoms with Crippen molar-refractivity contribution in [3.63, 3.8) is 0 Å². The molecule has 3 aliphatic heterocycles. The predicted molar refractivity (Wildman–Crippen MR) is 96.4 cm³/mol. The van der Waals surface area contributed by atoms with Crippen LogP contribution in [0.5, 0.6) is 0 Å². The summed E-state index contributed by atoms with van der Waals surface area (Å²) in [4.78, 5) is 7.09. The molecule has 0 aliphatic carbocycles. The van der Waals surface area contributed by atoms with Gasteiger partial charge in [0.25, 0.3) is 0 Å². The summed E-state index contributed by atoms with van der Waals surface area (Å²) in [5, 5.41) is 11.4. The lowest BCUT2D eigenvalue weighted by molar-refractivity contribution is -0.0654. The zero-order valence-electron chi connectivity index (χ0n) is 14.7. The molecular weight excluding hydrogens is 314 g/mol. The normalized spacial score (nSPS) is 35.6. The number of piperidine rings is 1. The molecule has 0 aromatic carbocycles. The lowest BCUT2D eigenvalue weighted by atomic mass is 9.85. The van der Waals surface area contributed by atoms with Crippen LogP contribution in [0.2, 0.25) is 0 Å². The van der Waals surface area contributed by atoms with Gasteiger partial charge in [0.15, 0.2) is 0 Å². The van der Waals surface area contributed by atoms with Crippen LogP contribution in [0.3, 0.4) is 0 Å². The molecular formula is C20H27N3O2. The van der Waals surface area contributed by atoms with E-state index in [0.29, 0.717) is 24.5 Å². The number of aliphatic hydroxyl groups is 1. The maximum absolute atomic E-state index is 11.4. The summed E-state index contributed by atoms with van der Waals surface area (Å²) >= 11 is 0. The highest BCUT2D eigenvalue weighted by atomic mass is 16.5. The fourth-order valence-corrected chi connectivity index (χ4v) is 5.34. The molecule has 3 fully saturated rings. The second-order valence-corrected chi connectivity index (χ2v) is 8.30. The van der Waals surface area contributed by atoms with Crippen LogP contribution in [0.25, 0.3) is 11.0 Å². The second-order valence-electron chi connectivity index (χ2n) is 8.30. The molecule has 0 radical (unpaired) electrons. The van der Waals surface area contributed by atoms with E-state index in [1.807, 2.05) is 18.3 Å². The van der Waals surface area contributed by atoms with Crippen molar-refractivity contribution >= 4 is 11.0 Å². The second kappa shape index (κ2) is 6.08. The summed E-state index contributed by atoms with van der Waals surface area (Å²) in [7, 11) is 0. The first-order chi connectivity index (χ1) is 12.2. The lowest BCUT2D eigenvalue weighted by Crippen LogP contribution is -2.53. The number of fused-ring (bicyclic) bond motifs is 3. The Kier molecular flexibility index (Phi) is 3.84. The number of nitrogens with zero attached hydrogens (tertiary/aromatic N) is 3. The minimum Gasteiger partial charge on any atom is -0.388 e. The molecule has 1 N–H and O–H groups in total. The Balaban J connectivity index is 1.32. The van der Waals surface area contributed by atoms with Gasteiger partial charge in [-0.3, -0.25) is 9.88 Å². The summed E-state index contributed by atoms with van der Waals surface area (Å²) in [5.41, 5.74) is 1.53. The molecule has 3 aliphatic rings. The van der Waals surface area contributed by atoms with Crippen LogP contribution in [-0.2, 0) is 11.3 Å². The van der Waals surface area contributed by atoms with Crippen molar-refractivity contribution in [1.82, 2.24) is 14.5 Å². The molecule has 134 valence electrons. The number of rotatable bonds is 4. The molecule has 3 saturated heterocycles. The number of hydrogen-bond acceptors (Lipinski definition) is 4. The molecule has 0 saturated carbocycles. The fraction of sp³-hybridized carbons (Fsp3) is 0.650. The number of ether oxygens (including phenoxy) is 1. The third kappa shape index (κ3) is 2.88. The minimum absolute atomic E-state index is 0.532. The van der Waals surface area contributed by atoms with Crippen molar-refractivity contribution in [2.75, 3.05) is 19.8 Å². The maximum atomic E-state index is 11.4. The Morgan fingerprint density at radius 2 is 2.04 bits per heavy atom. The average molecular weight is 341 g/mol. The number of hydrogen-bond donors (Lipinski definition) is 1. The van der Waals surface area contributed by atoms with Crippen LogP contribution >= 0.6 is 0 Å². The van der Waals surface area contributed by atoms with Crippen molar-refractivity contribution in [3.8, 4) is 0 Å². The topological polar surface area (TPSA) is 50.5 Å². The van der Waals surface area contributed by atoms with Gasteiger partial charge >= 0.3 is 0 Å². The summed E-state index contributed by atoms with van der Waals surface area (Å²) in [6, 6.07) is 7.17. The maximum Gasteiger partial charge on any atom is 0.0880 e. The minimum atomic E-state index is -0.601. The monoisotopic (exact) mass is 341 g/mol. The van der Waals surface area contributed by atoms with Crippen LogP contribution in [0.15, 0.2) is 30.6 Å². The largest absolute Gasteiger partial charge is 0.388 e. The van der Waals surface area contributed by atoms with Crippen LogP contribution < -0.4 is 0 Å². The Hall–Kier alpha value is -1.43. The summed E-state index contributed by atoms with van der Waals surface area (Å²) in [5.74, 6) is 0.689. The number of aromatic nitrogens is 2. The van der Waals surface area contributed by atoms with Gasteiger partial charge in [-0.25, -0.2) is 0 Å². The SMILES string of the molecule is OC1(Cn2ccc3ncccc32)C[C@H]2CC[C@@H](C1)N2C[C@H]1CCOC1. The third-order valence-electron chi connectivity index (χ3n) is 6.50. The molecule has 25 heavy (non-hydrogen) atoms. The van der Waals surface area contributed by atoms with Gasteiger partial charge in [0.05, 0.1) is 29.8 Å². The Bertz CT molecular complexity index is 738. The zero-order chi connectivity index (χ0) is 16.9. The molecule has 1 unspecified atom stereocenters. The highest BCUT2D eigenvalue weighted by Crippen LogP contribution is 2.42. The molecule has 0 spiro atoms. The van der Waals surface area contributed by atoms with E-state index in [0.717, 1.165) is 43.6 Å². The van der Waals surface area contributed by atoms with Gasteiger partial charge in [-0.15, -0.1) is 0 Å². The van der Waals surface area contributed by atoms with E-state index in [9.17, 15) is 5.11 Å². The molecule has 2 aromatic heterocycles. The van der Waals surface area contributed by atoms with Gasteiger partial charge in [-0.2, -0.15) is 0 Å². The predicted octanol–water partition coefficient (Wildman–Crippen LogP) is 2.43. The first-order valence-electron chi connectivity index (χ1n) is 9.66. The first-order valence-corrected chi connectivity index (χ1v) is 9.66. The quantitative estimate of drug-likeness (QED) is 0.928. The van der Waals surface area contributed by atoms with E-state index >= 15 is 0 Å². The third-order valence-corrected chi connectivity index (χ3v) is 6.50. The standard InChI is InChI=1S/C20H27N3O2/c24-20(14-22-8-5-18-19(22)2-1-7-21-18)10-16-3-4-17(11-20)23(16)12-15-6-9-25-13-15/h1-2,5,7-8,15-17,24H,3-4,6,9-14H2/t15-,16-,17+,20?/m1/s1. The molecule has 2 bridgehead atoms. The Labute approximate surface area is 148 Å². The van der Waals surface area contributed by atoms with E-state index < -0.39 is 5.60 Å². The van der Waals surface area contributed by atoms with E-state index in [2.05, 4.69) is 26.7 Å². The first kappa shape index (κ1) is 15.8. The van der Waals surface area contributed by atoms with Gasteiger partial charge in [0.2, 0.25) is 0 Å². The average Bonchev–Trinajstić information content (AvgIpc) is 3.30. The van der Waals surface area contributed by atoms with Gasteiger partial charge in [-0.05, 0) is 56.2 Å². The smallest absolute Gasteiger partial charge is 0.0880 e. The molecule has 5 heteroatoms. The molecule has 0 amide bonds. The molecule has 5 rings (SSSR count). The van der Waals surface area contributed by atoms with Crippen molar-refractivity contribution in [2.24, 2.45) is 5.92 Å². The summed E-state index contributed by atoms with van der Waals surface area (Å²) < 4.78 is 7.74. The van der Waals surface area contributed by atoms with Gasteiger partial charge in [0.1, 0.15) is 0 Å². The van der Waals surface area contributed by atoms with Crippen LogP contribution in [0.4, 0.5) is 0 Å². The van der Waals surface area contributed by atoms with Gasteiger partial charge in [0, 0.05) is 37.6 Å². The summed E-state index contributed by atoms with van der Waals surface area (Å²) in [6.45, 7) is 3.67. The van der Waals surface area contributed by atoms with E-state index in [1.165, 1.54) is 19.3 Å². The zero-order valence-corrected chi connectivity index (χ0v) is 14.7. The van der Waals surface area contributed by atoms with E-state index in [-0.39, 0.29) is 0 Å². The van der Waals surface area contributed by atoms with Crippen LogP contribution in [0, 0.1) is 5.92 Å². The summed E-state index contributed by atoms with van der Waals surface area (Å²) in [6.07, 6.45) is 9.33. The van der Waals surface area contributed by atoms with Gasteiger partial charge < -0.3 is 14.4 Å². The van der Waals surface area contributed by atoms with Gasteiger partial charge in [-0.1, -0.05) is 0 Å². The highest BCUT2D eigenvalue weighted by molar-refractivity contribution is 5.75. The Morgan fingerprint density at radius 1 is 1.20 bits per heavy atom. The number of pyridine rings is 1. The van der Waals surface area contributed by atoms with Crippen molar-refractivity contribution < 1.29 is 9.84 Å². The van der Waals surface area contributed by atoms with Crippen molar-refractivity contribution in [1.29, 1.82) is 0 Å². The molecule has 2 aromatic rings. The van der Waals surface area contributed by atoms with Crippen molar-refractivity contribution in [2.45, 2.75) is 56.3 Å². The molecule has 4 atom stereocenters. The molecule has 5 heterocycles. The van der Waals surface area contributed by atoms with Crippen LogP contribution in [0.1, 0.15) is 32.1 Å². The fourth-order valence-electron chi connectivity index (χ4n) is 5.34. The Morgan fingerprint density at radius 3 is 2.80 bits per heavy atom.